The molecule has 0 radical (unpaired) electrons. The first-order valence-corrected chi connectivity index (χ1v) is 6.51. The molecule has 0 rings (SSSR count). The van der Waals surface area contributed by atoms with Crippen molar-refractivity contribution in [1.82, 2.24) is 5.32 Å². The zero-order chi connectivity index (χ0) is 12.2. The van der Waals surface area contributed by atoms with E-state index < -0.39 is 0 Å². The lowest BCUT2D eigenvalue weighted by Gasteiger charge is -2.07. The van der Waals surface area contributed by atoms with Gasteiger partial charge in [0.05, 0.1) is 6.61 Å². The molecule has 0 heterocycles. The predicted octanol–water partition coefficient (Wildman–Crippen LogP) is 2.75. The second-order valence-electron chi connectivity index (χ2n) is 4.60. The van der Waals surface area contributed by atoms with Gasteiger partial charge in [0.25, 0.3) is 0 Å². The summed E-state index contributed by atoms with van der Waals surface area (Å²) in [6.07, 6.45) is 5.05. The Kier molecular flexibility index (Phi) is 10.5. The molecular weight excluding hydrogens is 202 g/mol. The number of rotatable bonds is 10. The molecule has 0 saturated carbocycles. The van der Waals surface area contributed by atoms with Gasteiger partial charge in [0.1, 0.15) is 0 Å². The van der Waals surface area contributed by atoms with Crippen LogP contribution >= 0.6 is 0 Å². The number of hydrogen-bond donors (Lipinski definition) is 1. The number of unbranched alkanes of at least 4 members (excludes halogenated alkanes) is 2. The van der Waals surface area contributed by atoms with E-state index in [0.717, 1.165) is 26.0 Å². The fraction of sp³-hybridized carbons (Fsp3) is 0.923. The van der Waals surface area contributed by atoms with Gasteiger partial charge in [0.2, 0.25) is 5.91 Å². The third-order valence-corrected chi connectivity index (χ3v) is 2.41. The summed E-state index contributed by atoms with van der Waals surface area (Å²) in [6, 6.07) is 0. The van der Waals surface area contributed by atoms with Crippen LogP contribution in [0.25, 0.3) is 0 Å². The van der Waals surface area contributed by atoms with Crippen LogP contribution in [0.1, 0.15) is 52.9 Å². The van der Waals surface area contributed by atoms with Crippen molar-refractivity contribution in [3.05, 3.63) is 0 Å². The van der Waals surface area contributed by atoms with Crippen LogP contribution in [-0.2, 0) is 9.53 Å². The van der Waals surface area contributed by atoms with Crippen LogP contribution in [0.15, 0.2) is 0 Å². The monoisotopic (exact) mass is 229 g/mol. The fourth-order valence-corrected chi connectivity index (χ4v) is 1.31. The topological polar surface area (TPSA) is 38.3 Å². The maximum absolute atomic E-state index is 11.3. The lowest BCUT2D eigenvalue weighted by Crippen LogP contribution is -2.26. The Balaban J connectivity index is 3.17. The Bertz CT molecular complexity index is 169. The fourth-order valence-electron chi connectivity index (χ4n) is 1.31. The van der Waals surface area contributed by atoms with Crippen LogP contribution in [0.4, 0.5) is 0 Å². The maximum Gasteiger partial charge on any atom is 0.222 e. The highest BCUT2D eigenvalue weighted by Gasteiger charge is 2.01. The molecule has 0 aliphatic carbocycles. The summed E-state index contributed by atoms with van der Waals surface area (Å²) in [5.74, 6) is 0.752. The molecule has 16 heavy (non-hydrogen) atoms. The summed E-state index contributed by atoms with van der Waals surface area (Å²) in [7, 11) is 0. The summed E-state index contributed by atoms with van der Waals surface area (Å²) < 4.78 is 5.37. The van der Waals surface area contributed by atoms with Crippen molar-refractivity contribution in [1.29, 1.82) is 0 Å². The molecular formula is C13H27NO2. The first-order chi connectivity index (χ1) is 7.66. The Morgan fingerprint density at radius 1 is 1.25 bits per heavy atom. The molecule has 0 saturated heterocycles. The molecule has 0 unspecified atom stereocenters. The van der Waals surface area contributed by atoms with Gasteiger partial charge in [0.15, 0.2) is 0 Å². The van der Waals surface area contributed by atoms with E-state index in [1.54, 1.807) is 0 Å². The van der Waals surface area contributed by atoms with Crippen molar-refractivity contribution >= 4 is 5.91 Å². The highest BCUT2D eigenvalue weighted by Crippen LogP contribution is 1.97. The van der Waals surface area contributed by atoms with Gasteiger partial charge in [-0.3, -0.25) is 4.79 Å². The molecule has 0 aromatic rings. The molecule has 1 N–H and O–H groups in total. The Hall–Kier alpha value is -0.570. The predicted molar refractivity (Wildman–Crippen MR) is 67.4 cm³/mol. The van der Waals surface area contributed by atoms with Gasteiger partial charge in [-0.05, 0) is 18.8 Å². The zero-order valence-electron chi connectivity index (χ0n) is 11.1. The summed E-state index contributed by atoms with van der Waals surface area (Å²) in [4.78, 5) is 11.3. The van der Waals surface area contributed by atoms with Crippen LogP contribution in [-0.4, -0.2) is 25.7 Å². The Morgan fingerprint density at radius 3 is 2.62 bits per heavy atom. The van der Waals surface area contributed by atoms with Crippen molar-refractivity contribution in [2.75, 3.05) is 19.8 Å². The van der Waals surface area contributed by atoms with Gasteiger partial charge < -0.3 is 10.1 Å². The molecule has 3 nitrogen and oxygen atoms in total. The summed E-state index contributed by atoms with van der Waals surface area (Å²) in [5.41, 5.74) is 0. The molecule has 0 aliphatic heterocycles. The largest absolute Gasteiger partial charge is 0.381 e. The Morgan fingerprint density at radius 2 is 2.00 bits per heavy atom. The molecule has 3 heteroatoms. The minimum absolute atomic E-state index is 0.108. The number of amides is 1. The number of carbonyl (C=O) groups excluding carboxylic acids is 1. The molecule has 0 aromatic carbocycles. The third kappa shape index (κ3) is 11.5. The van der Waals surface area contributed by atoms with E-state index in [-0.39, 0.29) is 5.91 Å². The van der Waals surface area contributed by atoms with E-state index in [0.29, 0.717) is 18.9 Å². The number of hydrogen-bond acceptors (Lipinski definition) is 2. The lowest BCUT2D eigenvalue weighted by atomic mass is 10.1. The van der Waals surface area contributed by atoms with Gasteiger partial charge in [-0.15, -0.1) is 0 Å². The van der Waals surface area contributed by atoms with Gasteiger partial charge >= 0.3 is 0 Å². The second kappa shape index (κ2) is 10.9. The summed E-state index contributed by atoms with van der Waals surface area (Å²) in [6.45, 7) is 8.60. The van der Waals surface area contributed by atoms with Crippen LogP contribution < -0.4 is 5.32 Å². The molecule has 0 aromatic heterocycles. The van der Waals surface area contributed by atoms with Crippen LogP contribution in [0.5, 0.6) is 0 Å². The van der Waals surface area contributed by atoms with Crippen molar-refractivity contribution in [3.63, 3.8) is 0 Å². The molecule has 1 amide bonds. The zero-order valence-corrected chi connectivity index (χ0v) is 11.1. The summed E-state index contributed by atoms with van der Waals surface area (Å²) in [5, 5.41) is 2.90. The van der Waals surface area contributed by atoms with Gasteiger partial charge in [-0.2, -0.15) is 0 Å². The Labute approximate surface area is 99.9 Å². The number of nitrogens with one attached hydrogen (secondary N) is 1. The number of carbonyl (C=O) groups is 1. The average Bonchev–Trinajstić information content (AvgIpc) is 2.22. The van der Waals surface area contributed by atoms with Gasteiger partial charge in [-0.1, -0.05) is 33.6 Å². The van der Waals surface area contributed by atoms with Crippen molar-refractivity contribution < 1.29 is 9.53 Å². The standard InChI is InChI=1S/C13H27NO2/c1-4-5-6-10-16-11-8-13(15)14-9-7-12(2)3/h12H,4-11H2,1-3H3,(H,14,15). The highest BCUT2D eigenvalue weighted by molar-refractivity contribution is 5.75. The van der Waals surface area contributed by atoms with E-state index >= 15 is 0 Å². The highest BCUT2D eigenvalue weighted by atomic mass is 16.5. The smallest absolute Gasteiger partial charge is 0.222 e. The van der Waals surface area contributed by atoms with E-state index in [4.69, 9.17) is 4.74 Å². The minimum atomic E-state index is 0.108. The van der Waals surface area contributed by atoms with E-state index in [1.165, 1.54) is 12.8 Å². The van der Waals surface area contributed by atoms with Crippen molar-refractivity contribution in [2.24, 2.45) is 5.92 Å². The average molecular weight is 229 g/mol. The second-order valence-corrected chi connectivity index (χ2v) is 4.60. The lowest BCUT2D eigenvalue weighted by molar-refractivity contribution is -0.122. The van der Waals surface area contributed by atoms with Crippen LogP contribution in [0, 0.1) is 5.92 Å². The van der Waals surface area contributed by atoms with Gasteiger partial charge in [-0.25, -0.2) is 0 Å². The summed E-state index contributed by atoms with van der Waals surface area (Å²) >= 11 is 0. The van der Waals surface area contributed by atoms with Crippen molar-refractivity contribution in [2.45, 2.75) is 52.9 Å². The first kappa shape index (κ1) is 15.4. The molecule has 0 fully saturated rings. The first-order valence-electron chi connectivity index (χ1n) is 6.51. The van der Waals surface area contributed by atoms with Gasteiger partial charge in [0, 0.05) is 19.6 Å². The SMILES string of the molecule is CCCCCOCCC(=O)NCCC(C)C. The minimum Gasteiger partial charge on any atom is -0.381 e. The molecule has 0 atom stereocenters. The van der Waals surface area contributed by atoms with E-state index in [2.05, 4.69) is 26.1 Å². The van der Waals surface area contributed by atoms with E-state index in [9.17, 15) is 4.79 Å². The third-order valence-electron chi connectivity index (χ3n) is 2.41. The molecule has 96 valence electrons. The molecule has 0 spiro atoms. The molecule has 0 bridgehead atoms. The van der Waals surface area contributed by atoms with E-state index in [1.807, 2.05) is 0 Å². The van der Waals surface area contributed by atoms with Crippen LogP contribution in [0.3, 0.4) is 0 Å². The van der Waals surface area contributed by atoms with Crippen molar-refractivity contribution in [3.8, 4) is 0 Å². The maximum atomic E-state index is 11.3. The number of ether oxygens (including phenoxy) is 1. The molecule has 0 aliphatic rings. The van der Waals surface area contributed by atoms with Crippen LogP contribution in [0.2, 0.25) is 0 Å². The normalized spacial score (nSPS) is 10.8. The quantitative estimate of drug-likeness (QED) is 0.585.